The molecule has 1 N–H and O–H groups in total. The number of fused-ring (bicyclic) bond motifs is 1. The molecule has 152 valence electrons. The summed E-state index contributed by atoms with van der Waals surface area (Å²) in [5, 5.41) is 3.08. The molecule has 2 fully saturated rings. The molecule has 2 atom stereocenters. The molecule has 1 aromatic carbocycles. The molecule has 0 spiro atoms. The highest BCUT2D eigenvalue weighted by Crippen LogP contribution is 2.30. The summed E-state index contributed by atoms with van der Waals surface area (Å²) < 4.78 is 5.68. The Morgan fingerprint density at radius 2 is 2.00 bits per heavy atom. The number of carbonyl (C=O) groups is 3. The summed E-state index contributed by atoms with van der Waals surface area (Å²) in [6.45, 7) is 2.00. The van der Waals surface area contributed by atoms with Crippen molar-refractivity contribution in [2.45, 2.75) is 51.1 Å². The molecule has 2 heterocycles. The van der Waals surface area contributed by atoms with Gasteiger partial charge in [-0.15, -0.1) is 0 Å². The Kier molecular flexibility index (Phi) is 5.45. The van der Waals surface area contributed by atoms with Gasteiger partial charge in [-0.3, -0.25) is 24.1 Å². The molecular weight excluding hydrogens is 392 g/mol. The van der Waals surface area contributed by atoms with Crippen LogP contribution in [0, 0.1) is 0 Å². The highest BCUT2D eigenvalue weighted by Gasteiger charge is 2.41. The highest BCUT2D eigenvalue weighted by molar-refractivity contribution is 8.14. The van der Waals surface area contributed by atoms with Crippen LogP contribution in [0.3, 0.4) is 0 Å². The topological polar surface area (TPSA) is 96.7 Å². The van der Waals surface area contributed by atoms with Crippen LogP contribution in [-0.2, 0) is 11.2 Å². The molecule has 2 aromatic rings. The maximum atomic E-state index is 12.8. The zero-order chi connectivity index (χ0) is 20.5. The van der Waals surface area contributed by atoms with E-state index < -0.39 is 5.91 Å². The van der Waals surface area contributed by atoms with Crippen LogP contribution in [0.2, 0.25) is 0 Å². The second kappa shape index (κ2) is 8.02. The van der Waals surface area contributed by atoms with Crippen molar-refractivity contribution in [3.8, 4) is 0 Å². The van der Waals surface area contributed by atoms with Gasteiger partial charge in [-0.2, -0.15) is 0 Å². The van der Waals surface area contributed by atoms with Gasteiger partial charge in [-0.05, 0) is 37.0 Å². The number of hydrogen-bond donors (Lipinski definition) is 1. The van der Waals surface area contributed by atoms with Crippen molar-refractivity contribution in [3.05, 3.63) is 45.8 Å². The number of hydrogen-bond acceptors (Lipinski definition) is 6. The Bertz CT molecular complexity index is 1030. The van der Waals surface area contributed by atoms with E-state index in [1.165, 1.54) is 11.0 Å². The summed E-state index contributed by atoms with van der Waals surface area (Å²) in [7, 11) is 0. The monoisotopic (exact) mass is 414 g/mol. The largest absolute Gasteiger partial charge is 0.451 e. The van der Waals surface area contributed by atoms with Gasteiger partial charge in [0.1, 0.15) is 5.58 Å². The maximum absolute atomic E-state index is 12.8. The van der Waals surface area contributed by atoms with E-state index in [1.807, 2.05) is 13.0 Å². The average molecular weight is 414 g/mol. The van der Waals surface area contributed by atoms with Gasteiger partial charge in [0.15, 0.2) is 11.2 Å². The molecule has 4 rings (SSSR count). The quantitative estimate of drug-likeness (QED) is 0.826. The molecule has 2 aliphatic rings. The first-order chi connectivity index (χ1) is 14.0. The zero-order valence-corrected chi connectivity index (χ0v) is 16.9. The third-order valence-electron chi connectivity index (χ3n) is 5.59. The number of imide groups is 1. The molecule has 1 aliphatic heterocycles. The second-order valence-corrected chi connectivity index (χ2v) is 8.34. The zero-order valence-electron chi connectivity index (χ0n) is 16.1. The van der Waals surface area contributed by atoms with Gasteiger partial charge in [-0.1, -0.05) is 37.6 Å². The summed E-state index contributed by atoms with van der Waals surface area (Å²) in [5.41, 5.74) is 1.11. The summed E-state index contributed by atoms with van der Waals surface area (Å²) >= 11 is 0.996. The van der Waals surface area contributed by atoms with Crippen molar-refractivity contribution < 1.29 is 18.8 Å². The van der Waals surface area contributed by atoms with E-state index in [0.29, 0.717) is 23.8 Å². The van der Waals surface area contributed by atoms with Crippen molar-refractivity contribution in [3.63, 3.8) is 0 Å². The second-order valence-electron chi connectivity index (χ2n) is 7.41. The first-order valence-corrected chi connectivity index (χ1v) is 10.8. The Balaban J connectivity index is 1.58. The van der Waals surface area contributed by atoms with Crippen LogP contribution in [0.4, 0.5) is 4.79 Å². The van der Waals surface area contributed by atoms with Crippen LogP contribution >= 0.6 is 11.8 Å². The maximum Gasteiger partial charge on any atom is 0.289 e. The van der Waals surface area contributed by atoms with Gasteiger partial charge in [-0.25, -0.2) is 0 Å². The van der Waals surface area contributed by atoms with Gasteiger partial charge >= 0.3 is 0 Å². The van der Waals surface area contributed by atoms with Gasteiger partial charge < -0.3 is 9.73 Å². The summed E-state index contributed by atoms with van der Waals surface area (Å²) in [5.74, 6) is -0.637. The van der Waals surface area contributed by atoms with Gasteiger partial charge in [0, 0.05) is 6.07 Å². The van der Waals surface area contributed by atoms with E-state index >= 15 is 0 Å². The van der Waals surface area contributed by atoms with Crippen molar-refractivity contribution >= 4 is 39.8 Å². The van der Waals surface area contributed by atoms with Gasteiger partial charge in [0.25, 0.3) is 11.1 Å². The Morgan fingerprint density at radius 3 is 2.72 bits per heavy atom. The van der Waals surface area contributed by atoms with E-state index in [1.54, 1.807) is 12.1 Å². The van der Waals surface area contributed by atoms with Gasteiger partial charge in [0.05, 0.1) is 23.2 Å². The highest BCUT2D eigenvalue weighted by atomic mass is 32.2. The third kappa shape index (κ3) is 3.81. The van der Waals surface area contributed by atoms with Crippen LogP contribution < -0.4 is 10.7 Å². The Morgan fingerprint density at radius 1 is 1.21 bits per heavy atom. The first-order valence-electron chi connectivity index (χ1n) is 9.84. The SMILES string of the molecule is CCc1ccc2oc(C(=O)N[C@H]3CCCC[C@H]3N3C(=O)CSC3=O)cc(=O)c2c1. The van der Waals surface area contributed by atoms with Crippen LogP contribution in [0.25, 0.3) is 11.0 Å². The van der Waals surface area contributed by atoms with Crippen molar-refractivity contribution in [1.29, 1.82) is 0 Å². The molecule has 0 radical (unpaired) electrons. The van der Waals surface area contributed by atoms with Crippen LogP contribution in [-0.4, -0.2) is 39.8 Å². The molecule has 3 amide bonds. The number of amides is 3. The molecule has 1 saturated heterocycles. The lowest BCUT2D eigenvalue weighted by atomic mass is 9.89. The number of aryl methyl sites for hydroxylation is 1. The minimum Gasteiger partial charge on any atom is -0.451 e. The molecule has 1 aliphatic carbocycles. The molecular formula is C21H22N2O5S. The van der Waals surface area contributed by atoms with Crippen LogP contribution in [0.15, 0.2) is 33.5 Å². The van der Waals surface area contributed by atoms with E-state index in [2.05, 4.69) is 5.32 Å². The van der Waals surface area contributed by atoms with E-state index in [9.17, 15) is 19.2 Å². The molecule has 0 bridgehead atoms. The molecule has 7 nitrogen and oxygen atoms in total. The Labute approximate surface area is 171 Å². The van der Waals surface area contributed by atoms with E-state index in [0.717, 1.165) is 36.6 Å². The first kappa shape index (κ1) is 19.7. The summed E-state index contributed by atoms with van der Waals surface area (Å²) in [6.07, 6.45) is 3.91. The number of nitrogens with zero attached hydrogens (tertiary/aromatic N) is 1. The normalized spacial score (nSPS) is 22.3. The summed E-state index contributed by atoms with van der Waals surface area (Å²) in [4.78, 5) is 50.9. The minimum absolute atomic E-state index is 0.0653. The molecule has 0 unspecified atom stereocenters. The number of thioether (sulfide) groups is 1. The average Bonchev–Trinajstić information content (AvgIpc) is 3.06. The Hall–Kier alpha value is -2.61. The molecule has 8 heteroatoms. The predicted octanol–water partition coefficient (Wildman–Crippen LogP) is 3.09. The smallest absolute Gasteiger partial charge is 0.289 e. The van der Waals surface area contributed by atoms with Crippen molar-refractivity contribution in [2.24, 2.45) is 0 Å². The number of rotatable bonds is 4. The lowest BCUT2D eigenvalue weighted by molar-refractivity contribution is -0.127. The van der Waals surface area contributed by atoms with Crippen molar-refractivity contribution in [2.75, 3.05) is 5.75 Å². The molecule has 1 aromatic heterocycles. The van der Waals surface area contributed by atoms with E-state index in [-0.39, 0.29) is 40.2 Å². The molecule has 29 heavy (non-hydrogen) atoms. The fourth-order valence-corrected chi connectivity index (χ4v) is 4.81. The van der Waals surface area contributed by atoms with Gasteiger partial charge in [0.2, 0.25) is 5.91 Å². The van der Waals surface area contributed by atoms with Crippen LogP contribution in [0.5, 0.6) is 0 Å². The standard InChI is InChI=1S/C21H22N2O5S/c1-2-12-7-8-17-13(9-12)16(24)10-18(28-17)20(26)22-14-5-3-4-6-15(14)23-19(25)11-29-21(23)27/h7-10,14-15H,2-6,11H2,1H3,(H,22,26)/t14-,15+/m0/s1. The fourth-order valence-electron chi connectivity index (χ4n) is 4.05. The van der Waals surface area contributed by atoms with Crippen molar-refractivity contribution in [1.82, 2.24) is 10.2 Å². The minimum atomic E-state index is -0.507. The summed E-state index contributed by atoms with van der Waals surface area (Å²) in [6, 6.07) is 5.84. The molecule has 1 saturated carbocycles. The lowest BCUT2D eigenvalue weighted by Crippen LogP contribution is -2.54. The number of nitrogens with one attached hydrogen (secondary N) is 1. The van der Waals surface area contributed by atoms with E-state index in [4.69, 9.17) is 4.42 Å². The fraction of sp³-hybridized carbons (Fsp3) is 0.429. The third-order valence-corrected chi connectivity index (χ3v) is 6.42. The number of carbonyl (C=O) groups excluding carboxylic acids is 3. The predicted molar refractivity (Wildman–Crippen MR) is 110 cm³/mol. The van der Waals surface area contributed by atoms with Crippen LogP contribution in [0.1, 0.15) is 48.7 Å². The number of benzene rings is 1. The lowest BCUT2D eigenvalue weighted by Gasteiger charge is -2.36.